The molecule has 0 aliphatic carbocycles. The standard InChI is InChI=1S/C4H4O.C2H4O2/c1-2-4-5-3-1;3-1-2-4/h1-4H;1,4H,2H2. The van der Waals surface area contributed by atoms with Crippen LogP contribution >= 0.6 is 0 Å². The zero-order valence-corrected chi connectivity index (χ0v) is 4.86. The Morgan fingerprint density at radius 3 is 2.00 bits per heavy atom. The Hall–Kier alpha value is -1.09. The Bertz CT molecular complexity index is 106. The normalized spacial score (nSPS) is 7.22. The van der Waals surface area contributed by atoms with E-state index < -0.39 is 0 Å². The lowest BCUT2D eigenvalue weighted by Crippen LogP contribution is -1.75. The molecule has 9 heavy (non-hydrogen) atoms. The van der Waals surface area contributed by atoms with Gasteiger partial charge in [0.1, 0.15) is 6.29 Å². The number of rotatable bonds is 1. The molecule has 1 N–H and O–H groups in total. The Kier molecular flexibility index (Phi) is 6.07. The van der Waals surface area contributed by atoms with Crippen LogP contribution in [-0.4, -0.2) is 18.0 Å². The Morgan fingerprint density at radius 1 is 1.44 bits per heavy atom. The first-order valence-corrected chi connectivity index (χ1v) is 2.43. The topological polar surface area (TPSA) is 50.4 Å². The van der Waals surface area contributed by atoms with E-state index in [9.17, 15) is 0 Å². The maximum atomic E-state index is 8.92. The quantitative estimate of drug-likeness (QED) is 0.559. The Morgan fingerprint density at radius 2 is 1.89 bits per heavy atom. The number of carbonyl (C=O) groups excluding carboxylic acids is 1. The number of aliphatic hydroxyl groups excluding tert-OH is 1. The fraction of sp³-hybridized carbons (Fsp3) is 0.167. The predicted octanol–water partition coefficient (Wildman–Crippen LogP) is 0.457. The van der Waals surface area contributed by atoms with Gasteiger partial charge in [0.2, 0.25) is 0 Å². The van der Waals surface area contributed by atoms with Crippen LogP contribution in [-0.2, 0) is 4.79 Å². The van der Waals surface area contributed by atoms with Crippen LogP contribution in [0.5, 0.6) is 0 Å². The first-order valence-electron chi connectivity index (χ1n) is 2.43. The van der Waals surface area contributed by atoms with Gasteiger partial charge >= 0.3 is 0 Å². The lowest BCUT2D eigenvalue weighted by atomic mass is 10.7. The second kappa shape index (κ2) is 6.91. The van der Waals surface area contributed by atoms with Gasteiger partial charge in [0.05, 0.1) is 19.1 Å². The molecule has 1 aromatic heterocycles. The van der Waals surface area contributed by atoms with Crippen molar-refractivity contribution in [1.82, 2.24) is 0 Å². The van der Waals surface area contributed by atoms with Crippen molar-refractivity contribution < 1.29 is 14.3 Å². The van der Waals surface area contributed by atoms with E-state index in [-0.39, 0.29) is 6.61 Å². The highest BCUT2D eigenvalue weighted by Crippen LogP contribution is 1.79. The lowest BCUT2D eigenvalue weighted by Gasteiger charge is -1.54. The molecular weight excluding hydrogens is 120 g/mol. The van der Waals surface area contributed by atoms with Gasteiger partial charge in [-0.3, -0.25) is 0 Å². The maximum absolute atomic E-state index is 8.92. The first-order chi connectivity index (χ1) is 4.41. The van der Waals surface area contributed by atoms with Crippen LogP contribution in [0, 0.1) is 0 Å². The fourth-order valence-corrected chi connectivity index (χ4v) is 0.227. The van der Waals surface area contributed by atoms with Gasteiger partial charge in [-0.1, -0.05) is 0 Å². The van der Waals surface area contributed by atoms with E-state index in [2.05, 4.69) is 4.42 Å². The molecule has 1 rings (SSSR count). The zero-order valence-electron chi connectivity index (χ0n) is 4.86. The van der Waals surface area contributed by atoms with E-state index >= 15 is 0 Å². The van der Waals surface area contributed by atoms with Crippen molar-refractivity contribution >= 4 is 6.29 Å². The largest absolute Gasteiger partial charge is 0.473 e. The number of carbonyl (C=O) groups is 1. The third-order valence-electron chi connectivity index (χ3n) is 0.500. The summed E-state index contributed by atoms with van der Waals surface area (Å²) in [6, 6.07) is 3.67. The summed E-state index contributed by atoms with van der Waals surface area (Å²) in [5.74, 6) is 0. The van der Waals surface area contributed by atoms with Crippen molar-refractivity contribution in [2.24, 2.45) is 0 Å². The van der Waals surface area contributed by atoms with Crippen molar-refractivity contribution in [2.45, 2.75) is 0 Å². The summed E-state index contributed by atoms with van der Waals surface area (Å²) in [6.07, 6.45) is 3.68. The number of hydrogen-bond donors (Lipinski definition) is 1. The first kappa shape index (κ1) is 7.91. The molecule has 0 saturated heterocycles. The van der Waals surface area contributed by atoms with Gasteiger partial charge in [0, 0.05) is 0 Å². The minimum absolute atomic E-state index is 0.361. The van der Waals surface area contributed by atoms with E-state index in [1.54, 1.807) is 12.5 Å². The van der Waals surface area contributed by atoms with Crippen molar-refractivity contribution in [3.63, 3.8) is 0 Å². The van der Waals surface area contributed by atoms with Crippen LogP contribution in [0.25, 0.3) is 0 Å². The van der Waals surface area contributed by atoms with Gasteiger partial charge in [0.15, 0.2) is 0 Å². The van der Waals surface area contributed by atoms with Gasteiger partial charge in [-0.2, -0.15) is 0 Å². The summed E-state index contributed by atoms with van der Waals surface area (Å²) in [5.41, 5.74) is 0. The van der Waals surface area contributed by atoms with E-state index in [1.165, 1.54) is 0 Å². The average molecular weight is 128 g/mol. The van der Waals surface area contributed by atoms with Gasteiger partial charge in [-0.15, -0.1) is 0 Å². The zero-order chi connectivity index (χ0) is 6.95. The summed E-state index contributed by atoms with van der Waals surface area (Å²) in [6.45, 7) is -0.361. The number of furan rings is 1. The molecule has 1 aromatic rings. The van der Waals surface area contributed by atoms with Crippen LogP contribution < -0.4 is 0 Å². The minimum Gasteiger partial charge on any atom is -0.473 e. The molecule has 1 heterocycles. The van der Waals surface area contributed by atoms with Gasteiger partial charge < -0.3 is 14.3 Å². The van der Waals surface area contributed by atoms with Crippen LogP contribution in [0.3, 0.4) is 0 Å². The highest BCUT2D eigenvalue weighted by Gasteiger charge is 1.58. The van der Waals surface area contributed by atoms with Crippen LogP contribution in [0.1, 0.15) is 0 Å². The Balaban J connectivity index is 0.000000148. The molecule has 0 unspecified atom stereocenters. The molecule has 0 amide bonds. The van der Waals surface area contributed by atoms with Crippen molar-refractivity contribution in [3.8, 4) is 0 Å². The molecule has 0 radical (unpaired) electrons. The molecule has 0 fully saturated rings. The molecule has 0 bridgehead atoms. The maximum Gasteiger partial charge on any atom is 0.145 e. The molecule has 3 nitrogen and oxygen atoms in total. The third-order valence-corrected chi connectivity index (χ3v) is 0.500. The summed E-state index contributed by atoms with van der Waals surface area (Å²) >= 11 is 0. The molecule has 50 valence electrons. The molecule has 0 saturated carbocycles. The molecule has 3 heteroatoms. The average Bonchev–Trinajstić information content (AvgIpc) is 2.43. The Labute approximate surface area is 52.9 Å². The van der Waals surface area contributed by atoms with Crippen LogP contribution in [0.2, 0.25) is 0 Å². The molecule has 0 spiro atoms. The highest BCUT2D eigenvalue weighted by molar-refractivity contribution is 5.49. The molecule has 0 aliphatic heterocycles. The summed E-state index contributed by atoms with van der Waals surface area (Å²) in [5, 5.41) is 7.51. The SMILES string of the molecule is O=CCO.c1ccoc1. The van der Waals surface area contributed by atoms with Crippen LogP contribution in [0.4, 0.5) is 0 Å². The number of aldehydes is 1. The summed E-state index contributed by atoms with van der Waals surface area (Å²) in [4.78, 5) is 8.92. The van der Waals surface area contributed by atoms with E-state index in [0.717, 1.165) is 0 Å². The molecule has 0 aromatic carbocycles. The number of hydrogen-bond acceptors (Lipinski definition) is 3. The smallest absolute Gasteiger partial charge is 0.145 e. The second-order valence-corrected chi connectivity index (χ2v) is 1.14. The lowest BCUT2D eigenvalue weighted by molar-refractivity contribution is -0.110. The predicted molar refractivity (Wildman–Crippen MR) is 31.9 cm³/mol. The fourth-order valence-electron chi connectivity index (χ4n) is 0.227. The van der Waals surface area contributed by atoms with E-state index in [4.69, 9.17) is 9.90 Å². The van der Waals surface area contributed by atoms with Crippen LogP contribution in [0.15, 0.2) is 29.1 Å². The van der Waals surface area contributed by atoms with E-state index in [1.807, 2.05) is 12.1 Å². The van der Waals surface area contributed by atoms with Crippen molar-refractivity contribution in [2.75, 3.05) is 6.61 Å². The monoisotopic (exact) mass is 128 g/mol. The van der Waals surface area contributed by atoms with Crippen molar-refractivity contribution in [3.05, 3.63) is 24.7 Å². The summed E-state index contributed by atoms with van der Waals surface area (Å²) in [7, 11) is 0. The number of aliphatic hydroxyl groups is 1. The second-order valence-electron chi connectivity index (χ2n) is 1.14. The van der Waals surface area contributed by atoms with Crippen molar-refractivity contribution in [1.29, 1.82) is 0 Å². The minimum atomic E-state index is -0.361. The van der Waals surface area contributed by atoms with Gasteiger partial charge in [0.25, 0.3) is 0 Å². The molecular formula is C6H8O3. The van der Waals surface area contributed by atoms with Gasteiger partial charge in [-0.05, 0) is 12.1 Å². The van der Waals surface area contributed by atoms with Gasteiger partial charge in [-0.25, -0.2) is 0 Å². The summed E-state index contributed by atoms with van der Waals surface area (Å²) < 4.78 is 4.58. The van der Waals surface area contributed by atoms with E-state index in [0.29, 0.717) is 6.29 Å². The third kappa shape index (κ3) is 6.91. The highest BCUT2D eigenvalue weighted by atomic mass is 16.3. The molecule has 0 atom stereocenters. The molecule has 0 aliphatic rings.